The van der Waals surface area contributed by atoms with Crippen molar-refractivity contribution in [2.75, 3.05) is 0 Å². The minimum atomic E-state index is -4.72. The molecule has 0 bridgehead atoms. The van der Waals surface area contributed by atoms with E-state index in [9.17, 15) is 13.2 Å². The topological polar surface area (TPSA) is 18.5 Å². The van der Waals surface area contributed by atoms with Crippen LogP contribution < -0.4 is 4.74 Å². The highest BCUT2D eigenvalue weighted by Gasteiger charge is 2.37. The van der Waals surface area contributed by atoms with Crippen LogP contribution in [0.4, 0.5) is 13.2 Å². The van der Waals surface area contributed by atoms with Gasteiger partial charge in [0.15, 0.2) is 8.32 Å². The molecule has 2 nitrogen and oxygen atoms in total. The van der Waals surface area contributed by atoms with Crippen LogP contribution in [0, 0.1) is 0 Å². The fourth-order valence-corrected chi connectivity index (χ4v) is 2.63. The van der Waals surface area contributed by atoms with Gasteiger partial charge in [-0.1, -0.05) is 42.8 Å². The molecule has 0 aliphatic rings. The van der Waals surface area contributed by atoms with Crippen molar-refractivity contribution < 1.29 is 22.3 Å². The van der Waals surface area contributed by atoms with Crippen LogP contribution in [0.2, 0.25) is 18.1 Å². The highest BCUT2D eigenvalue weighted by Crippen LogP contribution is 2.38. The monoisotopic (exact) mass is 384 g/mol. The summed E-state index contributed by atoms with van der Waals surface area (Å²) in [5.74, 6) is -0.226. The molecule has 0 radical (unpaired) electrons. The van der Waals surface area contributed by atoms with E-state index in [-0.39, 0.29) is 17.4 Å². The Labute approximate surface area is 132 Å². The van der Waals surface area contributed by atoms with Crippen molar-refractivity contribution in [1.29, 1.82) is 0 Å². The predicted molar refractivity (Wildman–Crippen MR) is 82.8 cm³/mol. The number of benzene rings is 1. The Balaban J connectivity index is 2.94. The highest BCUT2D eigenvalue weighted by molar-refractivity contribution is 9.10. The molecule has 0 fully saturated rings. The molecule has 1 rings (SSSR count). The molecule has 1 aromatic rings. The van der Waals surface area contributed by atoms with Crippen molar-refractivity contribution in [3.05, 3.63) is 28.2 Å². The summed E-state index contributed by atoms with van der Waals surface area (Å²) in [7, 11) is -2.03. The lowest BCUT2D eigenvalue weighted by molar-refractivity contribution is -0.275. The Hall–Kier alpha value is -0.533. The van der Waals surface area contributed by atoms with Gasteiger partial charge in [-0.15, -0.1) is 13.2 Å². The molecule has 7 heteroatoms. The number of hydrogen-bond donors (Lipinski definition) is 0. The number of alkyl halides is 3. The molecule has 0 spiro atoms. The molecule has 21 heavy (non-hydrogen) atoms. The van der Waals surface area contributed by atoms with Crippen molar-refractivity contribution in [2.45, 2.75) is 51.9 Å². The lowest BCUT2D eigenvalue weighted by Gasteiger charge is -2.36. The molecular weight excluding hydrogens is 365 g/mol. The second-order valence-corrected chi connectivity index (χ2v) is 12.1. The SMILES string of the molecule is CC(C)(C)[Si](C)(C)OCc1ccc(Br)cc1OC(F)(F)F. The number of halogens is 4. The third-order valence-electron chi connectivity index (χ3n) is 3.65. The fourth-order valence-electron chi connectivity index (χ4n) is 1.34. The van der Waals surface area contributed by atoms with Crippen LogP contribution in [0.25, 0.3) is 0 Å². The van der Waals surface area contributed by atoms with Crippen LogP contribution in [-0.4, -0.2) is 14.7 Å². The van der Waals surface area contributed by atoms with E-state index < -0.39 is 14.7 Å². The second kappa shape index (κ2) is 6.30. The quantitative estimate of drug-likeness (QED) is 0.604. The molecule has 0 atom stereocenters. The molecule has 0 aromatic heterocycles. The zero-order chi connectivity index (χ0) is 16.5. The summed E-state index contributed by atoms with van der Waals surface area (Å²) in [5, 5.41) is -0.00654. The Morgan fingerprint density at radius 3 is 2.19 bits per heavy atom. The van der Waals surface area contributed by atoms with Gasteiger partial charge in [0.05, 0.1) is 6.61 Å². The highest BCUT2D eigenvalue weighted by atomic mass is 79.9. The van der Waals surface area contributed by atoms with Crippen LogP contribution >= 0.6 is 15.9 Å². The Morgan fingerprint density at radius 2 is 1.71 bits per heavy atom. The maximum absolute atomic E-state index is 12.4. The molecule has 0 aliphatic heterocycles. The first-order valence-electron chi connectivity index (χ1n) is 6.50. The van der Waals surface area contributed by atoms with Gasteiger partial charge in [0.1, 0.15) is 5.75 Å². The Bertz CT molecular complexity index is 496. The van der Waals surface area contributed by atoms with E-state index in [1.54, 1.807) is 12.1 Å². The van der Waals surface area contributed by atoms with Gasteiger partial charge >= 0.3 is 6.36 Å². The maximum Gasteiger partial charge on any atom is 0.573 e. The molecule has 0 saturated heterocycles. The average molecular weight is 385 g/mol. The smallest absolute Gasteiger partial charge is 0.412 e. The molecule has 0 N–H and O–H groups in total. The molecular formula is C14H20BrF3O2Si. The first-order chi connectivity index (χ1) is 9.32. The minimum Gasteiger partial charge on any atom is -0.412 e. The van der Waals surface area contributed by atoms with Gasteiger partial charge in [-0.25, -0.2) is 0 Å². The van der Waals surface area contributed by atoms with E-state index in [4.69, 9.17) is 4.43 Å². The van der Waals surface area contributed by atoms with Crippen molar-refractivity contribution in [3.63, 3.8) is 0 Å². The minimum absolute atomic E-state index is 0.00654. The largest absolute Gasteiger partial charge is 0.573 e. The van der Waals surface area contributed by atoms with Gasteiger partial charge in [-0.3, -0.25) is 0 Å². The zero-order valence-corrected chi connectivity index (χ0v) is 15.4. The van der Waals surface area contributed by atoms with Crippen LogP contribution in [-0.2, 0) is 11.0 Å². The van der Waals surface area contributed by atoms with Crippen molar-refractivity contribution in [3.8, 4) is 5.75 Å². The zero-order valence-electron chi connectivity index (χ0n) is 12.8. The van der Waals surface area contributed by atoms with E-state index in [1.165, 1.54) is 6.07 Å². The van der Waals surface area contributed by atoms with Crippen molar-refractivity contribution >= 4 is 24.2 Å². The molecule has 0 unspecified atom stereocenters. The van der Waals surface area contributed by atoms with Crippen LogP contribution in [0.1, 0.15) is 26.3 Å². The summed E-state index contributed by atoms with van der Waals surface area (Å²) in [5.41, 5.74) is 0.389. The Morgan fingerprint density at radius 1 is 1.14 bits per heavy atom. The van der Waals surface area contributed by atoms with Gasteiger partial charge < -0.3 is 9.16 Å². The van der Waals surface area contributed by atoms with Gasteiger partial charge in [0, 0.05) is 10.0 Å². The van der Waals surface area contributed by atoms with E-state index in [2.05, 4.69) is 54.5 Å². The Kier molecular flexibility index (Phi) is 5.55. The average Bonchev–Trinajstić information content (AvgIpc) is 2.24. The summed E-state index contributed by atoms with van der Waals surface area (Å²) in [6, 6.07) is 4.56. The van der Waals surface area contributed by atoms with Crippen LogP contribution in [0.3, 0.4) is 0 Å². The molecule has 120 valence electrons. The summed E-state index contributed by atoms with van der Waals surface area (Å²) >= 11 is 3.15. The summed E-state index contributed by atoms with van der Waals surface area (Å²) < 4.78 is 47.9. The van der Waals surface area contributed by atoms with E-state index in [1.807, 2.05) is 0 Å². The lowest BCUT2D eigenvalue weighted by atomic mass is 10.2. The van der Waals surface area contributed by atoms with Gasteiger partial charge in [0.2, 0.25) is 0 Å². The number of rotatable bonds is 4. The van der Waals surface area contributed by atoms with Crippen molar-refractivity contribution in [2.24, 2.45) is 0 Å². The number of hydrogen-bond acceptors (Lipinski definition) is 2. The summed E-state index contributed by atoms with van der Waals surface area (Å²) in [4.78, 5) is 0. The third kappa shape index (κ3) is 5.63. The second-order valence-electron chi connectivity index (χ2n) is 6.35. The predicted octanol–water partition coefficient (Wildman–Crippen LogP) is 5.87. The van der Waals surface area contributed by atoms with E-state index in [0.717, 1.165) is 0 Å². The fraction of sp³-hybridized carbons (Fsp3) is 0.571. The number of ether oxygens (including phenoxy) is 1. The van der Waals surface area contributed by atoms with Crippen LogP contribution in [0.5, 0.6) is 5.75 Å². The van der Waals surface area contributed by atoms with E-state index in [0.29, 0.717) is 10.0 Å². The molecule has 0 aliphatic carbocycles. The first-order valence-corrected chi connectivity index (χ1v) is 10.2. The normalized spacial score (nSPS) is 13.4. The van der Waals surface area contributed by atoms with Gasteiger partial charge in [-0.2, -0.15) is 0 Å². The molecule has 0 amide bonds. The maximum atomic E-state index is 12.4. The van der Waals surface area contributed by atoms with Gasteiger partial charge in [-0.05, 0) is 30.3 Å². The molecule has 0 saturated carbocycles. The van der Waals surface area contributed by atoms with E-state index >= 15 is 0 Å². The lowest BCUT2D eigenvalue weighted by Crippen LogP contribution is -2.40. The van der Waals surface area contributed by atoms with Crippen LogP contribution in [0.15, 0.2) is 22.7 Å². The summed E-state index contributed by atoms with van der Waals surface area (Å²) in [6.45, 7) is 10.4. The van der Waals surface area contributed by atoms with Gasteiger partial charge in [0.25, 0.3) is 0 Å². The first kappa shape index (κ1) is 18.5. The molecule has 1 aromatic carbocycles. The third-order valence-corrected chi connectivity index (χ3v) is 8.62. The standard InChI is InChI=1S/C14H20BrF3O2Si/c1-13(2,3)21(4,5)19-9-10-6-7-11(15)8-12(10)20-14(16,17)18/h6-8H,9H2,1-5H3. The molecule has 0 heterocycles. The summed E-state index contributed by atoms with van der Waals surface area (Å²) in [6.07, 6.45) is -4.72. The van der Waals surface area contributed by atoms with Crippen molar-refractivity contribution in [1.82, 2.24) is 0 Å².